The lowest BCUT2D eigenvalue weighted by Gasteiger charge is -2.30. The van der Waals surface area contributed by atoms with Crippen LogP contribution in [0.3, 0.4) is 0 Å². The molecule has 22 heavy (non-hydrogen) atoms. The fourth-order valence-electron chi connectivity index (χ4n) is 2.79. The van der Waals surface area contributed by atoms with E-state index < -0.39 is 0 Å². The lowest BCUT2D eigenvalue weighted by Crippen LogP contribution is -2.43. The van der Waals surface area contributed by atoms with Gasteiger partial charge in [0.05, 0.1) is 0 Å². The van der Waals surface area contributed by atoms with E-state index in [1.54, 1.807) is 0 Å². The number of guanidine groups is 1. The minimum Gasteiger partial charge on any atom is -0.356 e. The van der Waals surface area contributed by atoms with Crippen LogP contribution in [0.4, 0.5) is 0 Å². The average Bonchev–Trinajstić information content (AvgIpc) is 2.49. The zero-order valence-corrected chi connectivity index (χ0v) is 16.3. The lowest BCUT2D eigenvalue weighted by atomic mass is 9.99. The van der Waals surface area contributed by atoms with Crippen LogP contribution >= 0.6 is 24.0 Å². The molecule has 1 heterocycles. The molecule has 0 saturated carbocycles. The van der Waals surface area contributed by atoms with E-state index in [0.29, 0.717) is 0 Å². The summed E-state index contributed by atoms with van der Waals surface area (Å²) in [4.78, 5) is 6.72. The first kappa shape index (κ1) is 19.2. The van der Waals surface area contributed by atoms with E-state index >= 15 is 0 Å². The quantitative estimate of drug-likeness (QED) is 0.451. The largest absolute Gasteiger partial charge is 0.356 e. The van der Waals surface area contributed by atoms with Gasteiger partial charge in [0.25, 0.3) is 0 Å². The van der Waals surface area contributed by atoms with E-state index in [9.17, 15) is 0 Å². The molecule has 1 aliphatic heterocycles. The first-order valence-electron chi connectivity index (χ1n) is 7.86. The second-order valence-corrected chi connectivity index (χ2v) is 6.06. The van der Waals surface area contributed by atoms with Gasteiger partial charge in [-0.2, -0.15) is 0 Å². The Morgan fingerprint density at radius 3 is 2.64 bits per heavy atom. The van der Waals surface area contributed by atoms with Crippen molar-refractivity contribution in [3.63, 3.8) is 0 Å². The summed E-state index contributed by atoms with van der Waals surface area (Å²) in [7, 11) is 4.04. The highest BCUT2D eigenvalue weighted by molar-refractivity contribution is 14.0. The molecule has 1 aliphatic rings. The molecule has 1 aromatic rings. The van der Waals surface area contributed by atoms with Crippen LogP contribution < -0.4 is 10.6 Å². The third-order valence-corrected chi connectivity index (χ3v) is 4.08. The van der Waals surface area contributed by atoms with E-state index in [4.69, 9.17) is 0 Å². The van der Waals surface area contributed by atoms with Crippen LogP contribution in [-0.2, 0) is 6.54 Å². The lowest BCUT2D eigenvalue weighted by molar-refractivity contribution is 0.210. The summed E-state index contributed by atoms with van der Waals surface area (Å²) in [6, 6.07) is 8.60. The number of nitrogens with one attached hydrogen (secondary N) is 2. The Labute approximate surface area is 151 Å². The summed E-state index contributed by atoms with van der Waals surface area (Å²) in [5.41, 5.74) is 2.57. The van der Waals surface area contributed by atoms with E-state index in [1.165, 1.54) is 37.1 Å². The first-order valence-corrected chi connectivity index (χ1v) is 7.86. The van der Waals surface area contributed by atoms with Gasteiger partial charge in [-0.25, -0.2) is 0 Å². The Bertz CT molecular complexity index is 458. The van der Waals surface area contributed by atoms with Gasteiger partial charge in [0.2, 0.25) is 0 Å². The number of rotatable bonds is 4. The first-order chi connectivity index (χ1) is 10.2. The van der Waals surface area contributed by atoms with Crippen molar-refractivity contribution < 1.29 is 0 Å². The molecule has 124 valence electrons. The summed E-state index contributed by atoms with van der Waals surface area (Å²) < 4.78 is 0. The molecule has 0 aliphatic carbocycles. The van der Waals surface area contributed by atoms with Gasteiger partial charge in [-0.1, -0.05) is 29.8 Å². The maximum Gasteiger partial charge on any atom is 0.191 e. The standard InChI is InChI=1S/C17H28N4.HI/c1-14-6-8-15(9-7-14)11-19-17(18-2)20-12-16-5-4-10-21(3)13-16;/h6-9,16H,4-5,10-13H2,1-3H3,(H2,18,19,20);1H. The summed E-state index contributed by atoms with van der Waals surface area (Å²) in [6.45, 7) is 6.33. The van der Waals surface area contributed by atoms with Crippen LogP contribution in [0, 0.1) is 12.8 Å². The predicted octanol–water partition coefficient (Wildman–Crippen LogP) is 2.62. The third-order valence-electron chi connectivity index (χ3n) is 4.08. The van der Waals surface area contributed by atoms with Gasteiger partial charge < -0.3 is 15.5 Å². The molecule has 1 unspecified atom stereocenters. The van der Waals surface area contributed by atoms with Gasteiger partial charge in [-0.15, -0.1) is 24.0 Å². The molecule has 2 N–H and O–H groups in total. The van der Waals surface area contributed by atoms with Crippen molar-refractivity contribution in [2.75, 3.05) is 33.7 Å². The van der Waals surface area contributed by atoms with E-state index in [1.807, 2.05) is 7.05 Å². The zero-order chi connectivity index (χ0) is 15.1. The minimum atomic E-state index is 0. The molecule has 1 aromatic carbocycles. The number of nitrogens with zero attached hydrogens (tertiary/aromatic N) is 2. The maximum absolute atomic E-state index is 4.30. The molecule has 1 atom stereocenters. The van der Waals surface area contributed by atoms with Gasteiger partial charge >= 0.3 is 0 Å². The molecule has 0 radical (unpaired) electrons. The highest BCUT2D eigenvalue weighted by Crippen LogP contribution is 2.13. The molecule has 1 fully saturated rings. The normalized spacial score (nSPS) is 19.4. The Kier molecular flexibility index (Phi) is 8.78. The number of aryl methyl sites for hydroxylation is 1. The fraction of sp³-hybridized carbons (Fsp3) is 0.588. The molecule has 2 rings (SSSR count). The van der Waals surface area contributed by atoms with Gasteiger partial charge in [0.1, 0.15) is 0 Å². The summed E-state index contributed by atoms with van der Waals surface area (Å²) in [6.07, 6.45) is 2.62. The van der Waals surface area contributed by atoms with Crippen LogP contribution in [-0.4, -0.2) is 44.6 Å². The molecule has 0 aromatic heterocycles. The van der Waals surface area contributed by atoms with Crippen molar-refractivity contribution in [1.82, 2.24) is 15.5 Å². The Balaban J connectivity index is 0.00000242. The van der Waals surface area contributed by atoms with Crippen LogP contribution in [0.1, 0.15) is 24.0 Å². The topological polar surface area (TPSA) is 39.7 Å². The van der Waals surface area contributed by atoms with Gasteiger partial charge in [0, 0.05) is 26.7 Å². The second kappa shape index (κ2) is 10.0. The average molecular weight is 416 g/mol. The SMILES string of the molecule is CN=C(NCc1ccc(C)cc1)NCC1CCCN(C)C1.I. The van der Waals surface area contributed by atoms with Crippen molar-refractivity contribution in [2.24, 2.45) is 10.9 Å². The molecule has 0 bridgehead atoms. The van der Waals surface area contributed by atoms with Gasteiger partial charge in [-0.05, 0) is 44.8 Å². The molecule has 0 spiro atoms. The highest BCUT2D eigenvalue weighted by Gasteiger charge is 2.17. The summed E-state index contributed by atoms with van der Waals surface area (Å²) >= 11 is 0. The maximum atomic E-state index is 4.30. The Hall–Kier alpha value is -0.820. The molecule has 1 saturated heterocycles. The number of likely N-dealkylation sites (tertiary alicyclic amines) is 1. The molecule has 4 nitrogen and oxygen atoms in total. The van der Waals surface area contributed by atoms with Crippen molar-refractivity contribution >= 4 is 29.9 Å². The summed E-state index contributed by atoms with van der Waals surface area (Å²) in [5, 5.41) is 6.83. The van der Waals surface area contributed by atoms with Gasteiger partial charge in [-0.3, -0.25) is 4.99 Å². The van der Waals surface area contributed by atoms with Crippen LogP contribution in [0.2, 0.25) is 0 Å². The molecular weight excluding hydrogens is 387 g/mol. The number of hydrogen-bond acceptors (Lipinski definition) is 2. The Morgan fingerprint density at radius 2 is 2.00 bits per heavy atom. The fourth-order valence-corrected chi connectivity index (χ4v) is 2.79. The number of aliphatic imine (C=N–C) groups is 1. The van der Waals surface area contributed by atoms with E-state index in [0.717, 1.165) is 25.0 Å². The number of piperidine rings is 1. The van der Waals surface area contributed by atoms with Crippen LogP contribution in [0.25, 0.3) is 0 Å². The van der Waals surface area contributed by atoms with Crippen molar-refractivity contribution in [2.45, 2.75) is 26.3 Å². The highest BCUT2D eigenvalue weighted by atomic mass is 127. The van der Waals surface area contributed by atoms with Crippen molar-refractivity contribution in [3.8, 4) is 0 Å². The Morgan fingerprint density at radius 1 is 1.27 bits per heavy atom. The number of hydrogen-bond donors (Lipinski definition) is 2. The molecular formula is C17H29IN4. The smallest absolute Gasteiger partial charge is 0.191 e. The van der Waals surface area contributed by atoms with Crippen LogP contribution in [0.5, 0.6) is 0 Å². The second-order valence-electron chi connectivity index (χ2n) is 6.06. The number of halogens is 1. The zero-order valence-electron chi connectivity index (χ0n) is 13.9. The minimum absolute atomic E-state index is 0. The van der Waals surface area contributed by atoms with E-state index in [-0.39, 0.29) is 24.0 Å². The third kappa shape index (κ3) is 6.52. The van der Waals surface area contributed by atoms with Crippen molar-refractivity contribution in [3.05, 3.63) is 35.4 Å². The van der Waals surface area contributed by atoms with Gasteiger partial charge in [0.15, 0.2) is 5.96 Å². The van der Waals surface area contributed by atoms with E-state index in [2.05, 4.69) is 58.8 Å². The van der Waals surface area contributed by atoms with Crippen molar-refractivity contribution in [1.29, 1.82) is 0 Å². The van der Waals surface area contributed by atoms with Crippen LogP contribution in [0.15, 0.2) is 29.3 Å². The predicted molar refractivity (Wildman–Crippen MR) is 105 cm³/mol. The number of benzene rings is 1. The summed E-state index contributed by atoms with van der Waals surface area (Å²) in [5.74, 6) is 1.62. The monoisotopic (exact) mass is 416 g/mol. The molecule has 0 amide bonds. The molecule has 5 heteroatoms.